The summed E-state index contributed by atoms with van der Waals surface area (Å²) in [7, 11) is 0. The van der Waals surface area contributed by atoms with Crippen molar-refractivity contribution in [2.75, 3.05) is 0 Å². The molecule has 1 aromatic heterocycles. The van der Waals surface area contributed by atoms with E-state index in [4.69, 9.17) is 0 Å². The average Bonchev–Trinajstić information content (AvgIpc) is 2.40. The van der Waals surface area contributed by atoms with E-state index in [0.717, 1.165) is 5.56 Å². The first-order chi connectivity index (χ1) is 8.72. The number of hydrogen-bond acceptors (Lipinski definition) is 2. The van der Waals surface area contributed by atoms with E-state index in [-0.39, 0.29) is 11.6 Å². The van der Waals surface area contributed by atoms with Gasteiger partial charge in [0.15, 0.2) is 0 Å². The van der Waals surface area contributed by atoms with Crippen LogP contribution < -0.4 is 0 Å². The fourth-order valence-corrected chi connectivity index (χ4v) is 2.01. The molecule has 0 N–H and O–H groups in total. The largest absolute Gasteiger partial charge is 0.299 e. The number of halogens is 1. The lowest BCUT2D eigenvalue weighted by Gasteiger charge is -2.15. The predicted molar refractivity (Wildman–Crippen MR) is 67.8 cm³/mol. The Bertz CT molecular complexity index is 539. The third-order valence-electron chi connectivity index (χ3n) is 2.89. The second kappa shape index (κ2) is 5.54. The highest BCUT2D eigenvalue weighted by Crippen LogP contribution is 2.26. The third-order valence-corrected chi connectivity index (χ3v) is 2.89. The van der Waals surface area contributed by atoms with E-state index in [1.54, 1.807) is 36.7 Å². The Morgan fingerprint density at radius 1 is 1.22 bits per heavy atom. The molecular weight excluding hydrogens is 229 g/mol. The third kappa shape index (κ3) is 2.62. The summed E-state index contributed by atoms with van der Waals surface area (Å²) in [6.45, 7) is 1.82. The van der Waals surface area contributed by atoms with Crippen molar-refractivity contribution in [2.45, 2.75) is 19.3 Å². The summed E-state index contributed by atoms with van der Waals surface area (Å²) in [5.74, 6) is -0.657. The molecular formula is C15H14FNO. The molecule has 1 atom stereocenters. The van der Waals surface area contributed by atoms with Crippen LogP contribution in [-0.4, -0.2) is 10.8 Å². The van der Waals surface area contributed by atoms with Gasteiger partial charge in [-0.05, 0) is 35.4 Å². The van der Waals surface area contributed by atoms with Gasteiger partial charge in [0.05, 0.1) is 5.92 Å². The van der Waals surface area contributed by atoms with E-state index >= 15 is 0 Å². The van der Waals surface area contributed by atoms with Gasteiger partial charge in [-0.3, -0.25) is 9.78 Å². The van der Waals surface area contributed by atoms with Crippen LogP contribution in [0.3, 0.4) is 0 Å². The first-order valence-corrected chi connectivity index (χ1v) is 5.90. The van der Waals surface area contributed by atoms with Crippen LogP contribution in [0.1, 0.15) is 30.4 Å². The van der Waals surface area contributed by atoms with E-state index in [1.165, 1.54) is 12.1 Å². The smallest absolute Gasteiger partial charge is 0.144 e. The summed E-state index contributed by atoms with van der Waals surface area (Å²) in [6.07, 6.45) is 3.71. The summed E-state index contributed by atoms with van der Waals surface area (Å²) < 4.78 is 13.3. The van der Waals surface area contributed by atoms with Gasteiger partial charge in [0, 0.05) is 18.8 Å². The Hall–Kier alpha value is -2.03. The van der Waals surface area contributed by atoms with Gasteiger partial charge in [-0.25, -0.2) is 4.39 Å². The molecule has 0 aliphatic carbocycles. The van der Waals surface area contributed by atoms with Crippen LogP contribution in [0.4, 0.5) is 4.39 Å². The lowest BCUT2D eigenvalue weighted by atomic mass is 9.87. The van der Waals surface area contributed by atoms with Gasteiger partial charge in [-0.2, -0.15) is 0 Å². The molecule has 0 radical (unpaired) electrons. The van der Waals surface area contributed by atoms with Crippen molar-refractivity contribution in [1.82, 2.24) is 4.98 Å². The fraction of sp³-hybridized carbons (Fsp3) is 0.200. The number of Topliss-reactive ketones (excluding diaryl/α,β-unsaturated/α-hetero) is 1. The Balaban J connectivity index is 2.47. The van der Waals surface area contributed by atoms with Gasteiger partial charge in [0.2, 0.25) is 0 Å². The van der Waals surface area contributed by atoms with Crippen LogP contribution in [0.15, 0.2) is 48.8 Å². The molecule has 1 aromatic carbocycles. The zero-order valence-corrected chi connectivity index (χ0v) is 10.1. The van der Waals surface area contributed by atoms with Gasteiger partial charge in [0.1, 0.15) is 11.6 Å². The minimum Gasteiger partial charge on any atom is -0.299 e. The summed E-state index contributed by atoms with van der Waals surface area (Å²) in [6, 6.07) is 9.79. The minimum absolute atomic E-state index is 0.0757. The molecule has 0 bridgehead atoms. The zero-order chi connectivity index (χ0) is 13.0. The summed E-state index contributed by atoms with van der Waals surface area (Å²) >= 11 is 0. The summed E-state index contributed by atoms with van der Waals surface area (Å²) in [5, 5.41) is 0. The minimum atomic E-state index is -0.409. The van der Waals surface area contributed by atoms with Gasteiger partial charge >= 0.3 is 0 Å². The number of carbonyl (C=O) groups is 1. The van der Waals surface area contributed by atoms with Crippen molar-refractivity contribution >= 4 is 5.78 Å². The Morgan fingerprint density at radius 3 is 2.56 bits per heavy atom. The number of ketones is 1. The molecule has 18 heavy (non-hydrogen) atoms. The summed E-state index contributed by atoms with van der Waals surface area (Å²) in [5.41, 5.74) is 1.54. The van der Waals surface area contributed by atoms with Crippen molar-refractivity contribution in [1.29, 1.82) is 0 Å². The summed E-state index contributed by atoms with van der Waals surface area (Å²) in [4.78, 5) is 16.0. The molecule has 1 heterocycles. The Morgan fingerprint density at radius 2 is 1.94 bits per heavy atom. The lowest BCUT2D eigenvalue weighted by Crippen LogP contribution is -2.13. The molecule has 0 aliphatic heterocycles. The number of carbonyl (C=O) groups excluding carboxylic acids is 1. The molecule has 2 rings (SSSR count). The van der Waals surface area contributed by atoms with Crippen LogP contribution in [0.5, 0.6) is 0 Å². The topological polar surface area (TPSA) is 30.0 Å². The first-order valence-electron chi connectivity index (χ1n) is 5.90. The maximum absolute atomic E-state index is 13.3. The first kappa shape index (κ1) is 12.4. The van der Waals surface area contributed by atoms with Gasteiger partial charge < -0.3 is 0 Å². The highest BCUT2D eigenvalue weighted by molar-refractivity contribution is 5.88. The lowest BCUT2D eigenvalue weighted by molar-refractivity contribution is -0.119. The molecule has 3 heteroatoms. The van der Waals surface area contributed by atoms with E-state index < -0.39 is 5.92 Å². The quantitative estimate of drug-likeness (QED) is 0.824. The Labute approximate surface area is 105 Å². The molecule has 0 fully saturated rings. The van der Waals surface area contributed by atoms with Gasteiger partial charge in [-0.15, -0.1) is 0 Å². The van der Waals surface area contributed by atoms with Crippen molar-refractivity contribution in [3.8, 4) is 0 Å². The predicted octanol–water partition coefficient (Wildman–Crippen LogP) is 3.33. The maximum atomic E-state index is 13.3. The standard InChI is InChI=1S/C15H14FNO/c1-2-14(18)15(11-6-8-17-9-7-11)12-4-3-5-13(16)10-12/h3-10,15H,2H2,1H3. The van der Waals surface area contributed by atoms with Gasteiger partial charge in [0.25, 0.3) is 0 Å². The SMILES string of the molecule is CCC(=O)C(c1ccncc1)c1cccc(F)c1. The molecule has 2 nitrogen and oxygen atoms in total. The van der Waals surface area contributed by atoms with Gasteiger partial charge in [-0.1, -0.05) is 19.1 Å². The van der Waals surface area contributed by atoms with E-state index in [1.807, 2.05) is 6.92 Å². The molecule has 0 spiro atoms. The molecule has 0 amide bonds. The number of rotatable bonds is 4. The van der Waals surface area contributed by atoms with Crippen LogP contribution in [0, 0.1) is 5.82 Å². The molecule has 0 aliphatic rings. The number of benzene rings is 1. The Kier molecular flexibility index (Phi) is 3.82. The maximum Gasteiger partial charge on any atom is 0.144 e. The van der Waals surface area contributed by atoms with E-state index in [9.17, 15) is 9.18 Å². The highest BCUT2D eigenvalue weighted by Gasteiger charge is 2.21. The number of nitrogens with zero attached hydrogens (tertiary/aromatic N) is 1. The van der Waals surface area contributed by atoms with Crippen LogP contribution >= 0.6 is 0 Å². The fourth-order valence-electron chi connectivity index (χ4n) is 2.01. The van der Waals surface area contributed by atoms with E-state index in [0.29, 0.717) is 12.0 Å². The molecule has 1 unspecified atom stereocenters. The monoisotopic (exact) mass is 243 g/mol. The zero-order valence-electron chi connectivity index (χ0n) is 10.1. The molecule has 0 saturated heterocycles. The molecule has 92 valence electrons. The van der Waals surface area contributed by atoms with E-state index in [2.05, 4.69) is 4.98 Å². The second-order valence-corrected chi connectivity index (χ2v) is 4.09. The van der Waals surface area contributed by atoms with Crippen molar-refractivity contribution in [3.05, 3.63) is 65.7 Å². The van der Waals surface area contributed by atoms with Crippen LogP contribution in [-0.2, 0) is 4.79 Å². The number of aromatic nitrogens is 1. The average molecular weight is 243 g/mol. The molecule has 0 saturated carbocycles. The number of hydrogen-bond donors (Lipinski definition) is 0. The highest BCUT2D eigenvalue weighted by atomic mass is 19.1. The second-order valence-electron chi connectivity index (χ2n) is 4.09. The van der Waals surface area contributed by atoms with Crippen LogP contribution in [0.25, 0.3) is 0 Å². The number of pyridine rings is 1. The van der Waals surface area contributed by atoms with Crippen molar-refractivity contribution < 1.29 is 9.18 Å². The normalized spacial score (nSPS) is 12.1. The van der Waals surface area contributed by atoms with Crippen LogP contribution in [0.2, 0.25) is 0 Å². The van der Waals surface area contributed by atoms with Crippen molar-refractivity contribution in [2.24, 2.45) is 0 Å². The molecule has 2 aromatic rings. The van der Waals surface area contributed by atoms with Crippen molar-refractivity contribution in [3.63, 3.8) is 0 Å².